The maximum Gasteiger partial charge on any atom is 0.193 e. The van der Waals surface area contributed by atoms with Gasteiger partial charge in [-0.15, -0.1) is 24.0 Å². The topological polar surface area (TPSA) is 66.1 Å². The van der Waals surface area contributed by atoms with E-state index in [-0.39, 0.29) is 24.0 Å². The number of rotatable bonds is 7. The van der Waals surface area contributed by atoms with E-state index in [1.165, 1.54) is 18.7 Å². The molecule has 7 heteroatoms. The van der Waals surface area contributed by atoms with E-state index in [1.54, 1.807) is 7.11 Å². The fraction of sp³-hybridized carbons (Fsp3) is 0.409. The molecule has 2 aromatic carbocycles. The van der Waals surface area contributed by atoms with Gasteiger partial charge in [0.2, 0.25) is 0 Å². The van der Waals surface area contributed by atoms with Gasteiger partial charge in [0, 0.05) is 32.7 Å². The lowest BCUT2D eigenvalue weighted by Crippen LogP contribution is -2.45. The van der Waals surface area contributed by atoms with E-state index in [2.05, 4.69) is 51.3 Å². The predicted octanol–water partition coefficient (Wildman–Crippen LogP) is 3.38. The molecular formula is C22H32IN5O. The highest BCUT2D eigenvalue weighted by atomic mass is 127. The summed E-state index contributed by atoms with van der Waals surface area (Å²) in [6, 6.07) is 16.3. The molecule has 0 spiro atoms. The minimum absolute atomic E-state index is 0. The van der Waals surface area contributed by atoms with Crippen molar-refractivity contribution in [2.24, 2.45) is 10.7 Å². The molecule has 0 aromatic heterocycles. The number of benzene rings is 2. The summed E-state index contributed by atoms with van der Waals surface area (Å²) >= 11 is 0. The van der Waals surface area contributed by atoms with Gasteiger partial charge >= 0.3 is 0 Å². The van der Waals surface area contributed by atoms with Gasteiger partial charge in [-0.05, 0) is 29.8 Å². The molecule has 6 nitrogen and oxygen atoms in total. The quantitative estimate of drug-likeness (QED) is 0.341. The molecule has 0 atom stereocenters. The first-order valence-electron chi connectivity index (χ1n) is 9.90. The van der Waals surface area contributed by atoms with Crippen LogP contribution in [0, 0.1) is 0 Å². The number of piperazine rings is 1. The molecule has 29 heavy (non-hydrogen) atoms. The minimum atomic E-state index is 0. The van der Waals surface area contributed by atoms with Crippen LogP contribution >= 0.6 is 24.0 Å². The smallest absolute Gasteiger partial charge is 0.193 e. The Balaban J connectivity index is 0.00000300. The van der Waals surface area contributed by atoms with Crippen molar-refractivity contribution in [3.63, 3.8) is 0 Å². The maximum atomic E-state index is 6.03. The van der Waals surface area contributed by atoms with Gasteiger partial charge in [-0.3, -0.25) is 4.90 Å². The van der Waals surface area contributed by atoms with Crippen LogP contribution in [-0.2, 0) is 13.1 Å². The largest absolute Gasteiger partial charge is 0.495 e. The zero-order chi connectivity index (χ0) is 19.8. The molecule has 3 rings (SSSR count). The van der Waals surface area contributed by atoms with Crippen molar-refractivity contribution >= 4 is 35.6 Å². The van der Waals surface area contributed by atoms with Gasteiger partial charge in [0.1, 0.15) is 5.75 Å². The summed E-state index contributed by atoms with van der Waals surface area (Å²) in [6.45, 7) is 9.56. The first-order valence-corrected chi connectivity index (χ1v) is 9.90. The standard InChI is InChI=1S/C22H31N5O.HI/c1-3-26-12-14-27(15-13-26)17-19-10-8-18(9-11-19)16-24-22(23)25-20-6-4-5-7-21(20)28-2;/h4-11H,3,12-17H2,1-2H3,(H3,23,24,25);1H. The second kappa shape index (κ2) is 12.0. The fourth-order valence-corrected chi connectivity index (χ4v) is 3.37. The van der Waals surface area contributed by atoms with E-state index in [4.69, 9.17) is 10.5 Å². The third-order valence-corrected chi connectivity index (χ3v) is 5.14. The molecule has 0 saturated carbocycles. The summed E-state index contributed by atoms with van der Waals surface area (Å²) in [4.78, 5) is 9.46. The van der Waals surface area contributed by atoms with Crippen molar-refractivity contribution < 1.29 is 4.74 Å². The maximum absolute atomic E-state index is 6.03. The van der Waals surface area contributed by atoms with E-state index in [1.807, 2.05) is 24.3 Å². The van der Waals surface area contributed by atoms with Crippen LogP contribution in [-0.4, -0.2) is 55.6 Å². The molecule has 0 amide bonds. The lowest BCUT2D eigenvalue weighted by molar-refractivity contribution is 0.132. The summed E-state index contributed by atoms with van der Waals surface area (Å²) in [5.74, 6) is 1.12. The fourth-order valence-electron chi connectivity index (χ4n) is 3.37. The Labute approximate surface area is 191 Å². The second-order valence-corrected chi connectivity index (χ2v) is 7.05. The van der Waals surface area contributed by atoms with E-state index >= 15 is 0 Å². The lowest BCUT2D eigenvalue weighted by atomic mass is 10.1. The highest BCUT2D eigenvalue weighted by Gasteiger charge is 2.15. The number of guanidine groups is 1. The third-order valence-electron chi connectivity index (χ3n) is 5.14. The van der Waals surface area contributed by atoms with Gasteiger partial charge in [-0.1, -0.05) is 43.3 Å². The van der Waals surface area contributed by atoms with Crippen molar-refractivity contribution in [3.8, 4) is 5.75 Å². The number of hydrogen-bond donors (Lipinski definition) is 2. The molecule has 0 unspecified atom stereocenters. The summed E-state index contributed by atoms with van der Waals surface area (Å²) in [6.07, 6.45) is 0. The Morgan fingerprint density at radius 1 is 1.00 bits per heavy atom. The van der Waals surface area contributed by atoms with Crippen LogP contribution in [0.25, 0.3) is 0 Å². The van der Waals surface area contributed by atoms with Crippen molar-refractivity contribution in [2.45, 2.75) is 20.0 Å². The Morgan fingerprint density at radius 3 is 2.28 bits per heavy atom. The van der Waals surface area contributed by atoms with Crippen LogP contribution in [0.3, 0.4) is 0 Å². The molecular weight excluding hydrogens is 477 g/mol. The van der Waals surface area contributed by atoms with E-state index in [0.717, 1.165) is 43.2 Å². The highest BCUT2D eigenvalue weighted by Crippen LogP contribution is 2.22. The minimum Gasteiger partial charge on any atom is -0.495 e. The van der Waals surface area contributed by atoms with Crippen molar-refractivity contribution in [1.29, 1.82) is 0 Å². The van der Waals surface area contributed by atoms with Crippen LogP contribution in [0.5, 0.6) is 5.75 Å². The zero-order valence-corrected chi connectivity index (χ0v) is 19.6. The molecule has 0 bridgehead atoms. The number of methoxy groups -OCH3 is 1. The molecule has 1 aliphatic rings. The number of ether oxygens (including phenoxy) is 1. The number of nitrogens with two attached hydrogens (primary N) is 1. The van der Waals surface area contributed by atoms with Gasteiger partial charge in [-0.25, -0.2) is 4.99 Å². The summed E-state index contributed by atoms with van der Waals surface area (Å²) < 4.78 is 5.32. The van der Waals surface area contributed by atoms with Crippen molar-refractivity contribution in [1.82, 2.24) is 9.80 Å². The molecule has 1 aliphatic heterocycles. The summed E-state index contributed by atoms with van der Waals surface area (Å²) in [5, 5.41) is 3.10. The monoisotopic (exact) mass is 509 g/mol. The number of nitrogens with one attached hydrogen (secondary N) is 1. The summed E-state index contributed by atoms with van der Waals surface area (Å²) in [5.41, 5.74) is 9.32. The number of halogens is 1. The number of aliphatic imine (C=N–C) groups is 1. The number of anilines is 1. The Bertz CT molecular complexity index is 773. The molecule has 0 aliphatic carbocycles. The Kier molecular flexibility index (Phi) is 9.69. The lowest BCUT2D eigenvalue weighted by Gasteiger charge is -2.34. The Hall–Kier alpha value is -1.84. The highest BCUT2D eigenvalue weighted by molar-refractivity contribution is 14.0. The molecule has 2 aromatic rings. The molecule has 1 fully saturated rings. The van der Waals surface area contributed by atoms with Crippen molar-refractivity contribution in [3.05, 3.63) is 59.7 Å². The summed E-state index contributed by atoms with van der Waals surface area (Å²) in [7, 11) is 1.64. The number of likely N-dealkylation sites (N-methyl/N-ethyl adjacent to an activating group) is 1. The first-order chi connectivity index (χ1) is 13.7. The van der Waals surface area contributed by atoms with Crippen LogP contribution in [0.15, 0.2) is 53.5 Å². The third kappa shape index (κ3) is 7.17. The average molecular weight is 509 g/mol. The van der Waals surface area contributed by atoms with E-state index in [9.17, 15) is 0 Å². The Morgan fingerprint density at radius 2 is 1.62 bits per heavy atom. The molecule has 1 heterocycles. The van der Waals surface area contributed by atoms with E-state index < -0.39 is 0 Å². The molecule has 1 saturated heterocycles. The van der Waals surface area contributed by atoms with Crippen LogP contribution in [0.2, 0.25) is 0 Å². The SMILES string of the molecule is CCN1CCN(Cc2ccc(CN=C(N)Nc3ccccc3OC)cc2)CC1.I. The molecule has 158 valence electrons. The van der Waals surface area contributed by atoms with Gasteiger partial charge in [-0.2, -0.15) is 0 Å². The van der Waals surface area contributed by atoms with Gasteiger partial charge < -0.3 is 20.7 Å². The predicted molar refractivity (Wildman–Crippen MR) is 131 cm³/mol. The van der Waals surface area contributed by atoms with Gasteiger partial charge in [0.25, 0.3) is 0 Å². The van der Waals surface area contributed by atoms with Gasteiger partial charge in [0.15, 0.2) is 5.96 Å². The second-order valence-electron chi connectivity index (χ2n) is 7.05. The van der Waals surface area contributed by atoms with Crippen LogP contribution < -0.4 is 15.8 Å². The van der Waals surface area contributed by atoms with Crippen LogP contribution in [0.1, 0.15) is 18.1 Å². The number of nitrogens with zero attached hydrogens (tertiary/aromatic N) is 3. The normalized spacial score (nSPS) is 15.6. The van der Waals surface area contributed by atoms with E-state index in [0.29, 0.717) is 12.5 Å². The number of para-hydroxylation sites is 2. The molecule has 0 radical (unpaired) electrons. The molecule has 3 N–H and O–H groups in total. The van der Waals surface area contributed by atoms with Crippen molar-refractivity contribution in [2.75, 3.05) is 45.2 Å². The van der Waals surface area contributed by atoms with Gasteiger partial charge in [0.05, 0.1) is 19.3 Å². The average Bonchev–Trinajstić information content (AvgIpc) is 2.74. The number of hydrogen-bond acceptors (Lipinski definition) is 4. The first kappa shape index (κ1) is 23.4. The zero-order valence-electron chi connectivity index (χ0n) is 17.3. The van der Waals surface area contributed by atoms with Crippen LogP contribution in [0.4, 0.5) is 5.69 Å².